The summed E-state index contributed by atoms with van der Waals surface area (Å²) in [5, 5.41) is -0.985. The van der Waals surface area contributed by atoms with Crippen LogP contribution in [-0.2, 0) is 9.84 Å². The van der Waals surface area contributed by atoms with Crippen LogP contribution in [0.3, 0.4) is 0 Å². The highest BCUT2D eigenvalue weighted by Crippen LogP contribution is 2.38. The van der Waals surface area contributed by atoms with Crippen LogP contribution in [0.1, 0.15) is 12.8 Å². The number of H-pyrrole nitrogens is 1. The minimum atomic E-state index is -4.42. The number of sulfone groups is 1. The van der Waals surface area contributed by atoms with Gasteiger partial charge in [-0.1, -0.05) is 0 Å². The zero-order valence-electron chi connectivity index (χ0n) is 13.2. The number of halogens is 5. The molecule has 1 heterocycles. The highest BCUT2D eigenvalue weighted by Gasteiger charge is 2.42. The number of hydrogen-bond donors (Lipinski definition) is 1. The number of rotatable bonds is 3. The van der Waals surface area contributed by atoms with Gasteiger partial charge in [-0.05, 0) is 53.6 Å². The Morgan fingerprint density at radius 2 is 1.74 bits per heavy atom. The van der Waals surface area contributed by atoms with Crippen LogP contribution < -0.4 is 5.69 Å². The van der Waals surface area contributed by atoms with Gasteiger partial charge in [-0.3, -0.25) is 4.57 Å². The van der Waals surface area contributed by atoms with Gasteiger partial charge in [0.25, 0.3) is 0 Å². The van der Waals surface area contributed by atoms with Gasteiger partial charge in [0.05, 0.1) is 10.9 Å². The third kappa shape index (κ3) is 2.70. The minimum absolute atomic E-state index is 0.215. The number of benzene rings is 2. The molecule has 5 nitrogen and oxygen atoms in total. The van der Waals surface area contributed by atoms with Gasteiger partial charge in [0.1, 0.15) is 21.7 Å². The summed E-state index contributed by atoms with van der Waals surface area (Å²) in [6.45, 7) is 0. The highest BCUT2D eigenvalue weighted by atomic mass is 127. The van der Waals surface area contributed by atoms with E-state index >= 15 is 0 Å². The molecule has 0 atom stereocenters. The topological polar surface area (TPSA) is 71.9 Å². The normalized spacial score (nSPS) is 14.9. The van der Waals surface area contributed by atoms with Gasteiger partial charge < -0.3 is 4.98 Å². The number of imidazole rings is 1. The molecule has 11 heteroatoms. The molecular weight excluding hydrogens is 503 g/mol. The van der Waals surface area contributed by atoms with E-state index in [-0.39, 0.29) is 12.8 Å². The first-order chi connectivity index (χ1) is 12.6. The Hall–Kier alpha value is -1.89. The second-order valence-electron chi connectivity index (χ2n) is 6.10. The van der Waals surface area contributed by atoms with Crippen molar-refractivity contribution in [2.75, 3.05) is 0 Å². The van der Waals surface area contributed by atoms with Crippen molar-refractivity contribution in [2.24, 2.45) is 0 Å². The van der Waals surface area contributed by atoms with E-state index in [9.17, 15) is 30.8 Å². The number of nitrogens with zero attached hydrogens (tertiary/aromatic N) is 1. The van der Waals surface area contributed by atoms with Gasteiger partial charge in [0, 0.05) is 3.57 Å². The first kappa shape index (κ1) is 18.5. The smallest absolute Gasteiger partial charge is 0.303 e. The molecular formula is C16H9F4IN2O3S. The van der Waals surface area contributed by atoms with E-state index in [1.807, 2.05) is 27.6 Å². The SMILES string of the molecule is O=c1[nH]c2c(F)c(S(=O)(=O)C3CC3)c(F)c(F)c2n1-c1ccc(I)cc1F. The van der Waals surface area contributed by atoms with Crippen molar-refractivity contribution < 1.29 is 26.0 Å². The maximum absolute atomic E-state index is 14.8. The number of fused-ring (bicyclic) bond motifs is 1. The van der Waals surface area contributed by atoms with Gasteiger partial charge >= 0.3 is 5.69 Å². The van der Waals surface area contributed by atoms with E-state index in [1.54, 1.807) is 0 Å². The largest absolute Gasteiger partial charge is 0.331 e. The second kappa shape index (κ2) is 6.06. The standard InChI is InChI=1S/C16H9F4IN2O3S/c17-8-5-6(21)1-4-9(8)23-14-10(18)11(19)15(27(25,26)7-2-3-7)12(20)13(14)22-16(23)24/h1,4-5,7H,2-3H2,(H,22,24). The van der Waals surface area contributed by atoms with Gasteiger partial charge in [-0.2, -0.15) is 0 Å². The number of aromatic amines is 1. The van der Waals surface area contributed by atoms with Crippen molar-refractivity contribution in [1.29, 1.82) is 0 Å². The number of nitrogens with one attached hydrogen (secondary N) is 1. The van der Waals surface area contributed by atoms with Crippen LogP contribution in [-0.4, -0.2) is 23.2 Å². The van der Waals surface area contributed by atoms with Crippen LogP contribution in [0.5, 0.6) is 0 Å². The van der Waals surface area contributed by atoms with Crippen molar-refractivity contribution in [3.63, 3.8) is 0 Å². The third-order valence-corrected chi connectivity index (χ3v) is 7.26. The van der Waals surface area contributed by atoms with E-state index in [0.717, 1.165) is 12.1 Å². The summed E-state index contributed by atoms with van der Waals surface area (Å²) in [5.41, 5.74) is -3.30. The van der Waals surface area contributed by atoms with Gasteiger partial charge in [-0.25, -0.2) is 30.8 Å². The molecule has 0 unspecified atom stereocenters. The van der Waals surface area contributed by atoms with E-state index in [1.165, 1.54) is 6.07 Å². The Morgan fingerprint density at radius 3 is 2.33 bits per heavy atom. The van der Waals surface area contributed by atoms with E-state index in [4.69, 9.17) is 0 Å². The molecule has 3 aromatic rings. The summed E-state index contributed by atoms with van der Waals surface area (Å²) in [6, 6.07) is 3.62. The lowest BCUT2D eigenvalue weighted by atomic mass is 10.2. The lowest BCUT2D eigenvalue weighted by Crippen LogP contribution is -2.17. The van der Waals surface area contributed by atoms with Crippen molar-refractivity contribution in [1.82, 2.24) is 9.55 Å². The highest BCUT2D eigenvalue weighted by molar-refractivity contribution is 14.1. The predicted molar refractivity (Wildman–Crippen MR) is 96.7 cm³/mol. The molecule has 1 aliphatic carbocycles. The zero-order valence-corrected chi connectivity index (χ0v) is 16.2. The van der Waals surface area contributed by atoms with Gasteiger partial charge in [-0.15, -0.1) is 0 Å². The third-order valence-electron chi connectivity index (χ3n) is 4.31. The maximum Gasteiger partial charge on any atom is 0.331 e. The first-order valence-electron chi connectivity index (χ1n) is 7.65. The first-order valence-corrected chi connectivity index (χ1v) is 10.3. The fourth-order valence-corrected chi connectivity index (χ4v) is 5.14. The number of hydrogen-bond acceptors (Lipinski definition) is 3. The zero-order chi connectivity index (χ0) is 19.7. The molecule has 0 spiro atoms. The average Bonchev–Trinajstić information content (AvgIpc) is 3.38. The Morgan fingerprint density at radius 1 is 1.07 bits per heavy atom. The molecule has 1 aliphatic rings. The van der Waals surface area contributed by atoms with Crippen molar-refractivity contribution in [2.45, 2.75) is 23.0 Å². The molecule has 1 aromatic heterocycles. The molecule has 27 heavy (non-hydrogen) atoms. The van der Waals surface area contributed by atoms with Gasteiger partial charge in [0.15, 0.2) is 27.3 Å². The summed E-state index contributed by atoms with van der Waals surface area (Å²) in [4.78, 5) is 12.8. The van der Waals surface area contributed by atoms with Crippen molar-refractivity contribution in [3.8, 4) is 5.69 Å². The summed E-state index contributed by atoms with van der Waals surface area (Å²) < 4.78 is 83.8. The summed E-state index contributed by atoms with van der Waals surface area (Å²) in [6.07, 6.45) is 0.429. The van der Waals surface area contributed by atoms with Crippen molar-refractivity contribution >= 4 is 43.5 Å². The van der Waals surface area contributed by atoms with Crippen LogP contribution in [0, 0.1) is 26.8 Å². The van der Waals surface area contributed by atoms with Crippen LogP contribution in [0.25, 0.3) is 16.7 Å². The van der Waals surface area contributed by atoms with E-state index < -0.39 is 65.7 Å². The Balaban J connectivity index is 2.11. The molecule has 1 fully saturated rings. The molecule has 0 bridgehead atoms. The number of aromatic nitrogens is 2. The van der Waals surface area contributed by atoms with Crippen molar-refractivity contribution in [3.05, 3.63) is 55.5 Å². The van der Waals surface area contributed by atoms with E-state index in [0.29, 0.717) is 8.14 Å². The Labute approximate surface area is 163 Å². The van der Waals surface area contributed by atoms with Crippen LogP contribution in [0.2, 0.25) is 0 Å². The second-order valence-corrected chi connectivity index (χ2v) is 9.51. The fraction of sp³-hybridized carbons (Fsp3) is 0.188. The fourth-order valence-electron chi connectivity index (χ4n) is 2.90. The Bertz CT molecular complexity index is 1280. The average molecular weight is 512 g/mol. The van der Waals surface area contributed by atoms with Crippen LogP contribution in [0.4, 0.5) is 17.6 Å². The van der Waals surface area contributed by atoms with Gasteiger partial charge in [0.2, 0.25) is 0 Å². The molecule has 1 saturated carbocycles. The quantitative estimate of drug-likeness (QED) is 0.332. The van der Waals surface area contributed by atoms with Crippen LogP contribution >= 0.6 is 22.6 Å². The van der Waals surface area contributed by atoms with Crippen LogP contribution in [0.15, 0.2) is 27.9 Å². The van der Waals surface area contributed by atoms with E-state index in [2.05, 4.69) is 0 Å². The molecule has 0 saturated heterocycles. The lowest BCUT2D eigenvalue weighted by Gasteiger charge is -2.10. The maximum atomic E-state index is 14.8. The molecule has 142 valence electrons. The lowest BCUT2D eigenvalue weighted by molar-refractivity contribution is 0.467. The molecule has 0 amide bonds. The Kier molecular flexibility index (Phi) is 4.14. The minimum Gasteiger partial charge on any atom is -0.303 e. The molecule has 2 aromatic carbocycles. The molecule has 1 N–H and O–H groups in total. The summed E-state index contributed by atoms with van der Waals surface area (Å²) in [5.74, 6) is -6.19. The molecule has 0 aliphatic heterocycles. The predicted octanol–water partition coefficient (Wildman–Crippen LogP) is 3.42. The summed E-state index contributed by atoms with van der Waals surface area (Å²) >= 11 is 1.81. The molecule has 0 radical (unpaired) electrons. The monoisotopic (exact) mass is 512 g/mol. The summed E-state index contributed by atoms with van der Waals surface area (Å²) in [7, 11) is -4.42. The molecule has 4 rings (SSSR count).